The molecule has 0 spiro atoms. The van der Waals surface area contributed by atoms with E-state index in [4.69, 9.17) is 11.6 Å². The number of hydrogen-bond acceptors (Lipinski definition) is 1. The molecule has 2 aromatic rings. The van der Waals surface area contributed by atoms with Crippen LogP contribution in [0.15, 0.2) is 22.7 Å². The Morgan fingerprint density at radius 2 is 2.31 bits per heavy atom. The number of benzene rings is 1. The van der Waals surface area contributed by atoms with E-state index in [1.807, 2.05) is 29.8 Å². The third-order valence-electron chi connectivity index (χ3n) is 1.97. The maximum atomic E-state index is 5.98. The number of nitrogens with zero attached hydrogens (tertiary/aromatic N) is 2. The molecule has 0 aliphatic heterocycles. The molecule has 0 bridgehead atoms. The fraction of sp³-hybridized carbons (Fsp3) is 0.222. The predicted octanol–water partition coefficient (Wildman–Crippen LogP) is 3.47. The lowest BCUT2D eigenvalue weighted by molar-refractivity contribution is 0.684. The Balaban J connectivity index is 2.80. The second kappa shape index (κ2) is 3.31. The Bertz CT molecular complexity index is 450. The standard InChI is InChI=1S/C9H8BrClN2/c1-2-13-8-4-3-6(10)5-7(8)9(11)12-13/h3-5H,2H2,1H3. The van der Waals surface area contributed by atoms with Gasteiger partial charge in [0.05, 0.1) is 5.52 Å². The highest BCUT2D eigenvalue weighted by molar-refractivity contribution is 9.10. The average Bonchev–Trinajstić information content (AvgIpc) is 2.43. The van der Waals surface area contributed by atoms with Crippen molar-refractivity contribution in [2.75, 3.05) is 0 Å². The minimum absolute atomic E-state index is 0.568. The van der Waals surface area contributed by atoms with Crippen LogP contribution in [0, 0.1) is 0 Å². The zero-order valence-electron chi connectivity index (χ0n) is 7.09. The van der Waals surface area contributed by atoms with Crippen LogP contribution >= 0.6 is 27.5 Å². The molecule has 0 N–H and O–H groups in total. The van der Waals surface area contributed by atoms with E-state index in [0.29, 0.717) is 5.15 Å². The Labute approximate surface area is 89.6 Å². The topological polar surface area (TPSA) is 17.8 Å². The number of aromatic nitrogens is 2. The summed E-state index contributed by atoms with van der Waals surface area (Å²) in [6, 6.07) is 5.99. The van der Waals surface area contributed by atoms with Gasteiger partial charge in [-0.3, -0.25) is 4.68 Å². The maximum Gasteiger partial charge on any atom is 0.158 e. The molecular weight excluding hydrogens is 251 g/mol. The lowest BCUT2D eigenvalue weighted by Crippen LogP contribution is -1.94. The van der Waals surface area contributed by atoms with Crippen molar-refractivity contribution in [3.8, 4) is 0 Å². The maximum absolute atomic E-state index is 5.98. The largest absolute Gasteiger partial charge is 0.264 e. The van der Waals surface area contributed by atoms with Crippen LogP contribution < -0.4 is 0 Å². The predicted molar refractivity (Wildman–Crippen MR) is 58.1 cm³/mol. The minimum Gasteiger partial charge on any atom is -0.264 e. The summed E-state index contributed by atoms with van der Waals surface area (Å²) in [5, 5.41) is 5.78. The minimum atomic E-state index is 0.568. The van der Waals surface area contributed by atoms with Gasteiger partial charge < -0.3 is 0 Å². The van der Waals surface area contributed by atoms with Gasteiger partial charge in [0.1, 0.15) is 0 Å². The first-order valence-corrected chi connectivity index (χ1v) is 5.21. The zero-order valence-corrected chi connectivity index (χ0v) is 9.43. The molecule has 0 amide bonds. The molecule has 13 heavy (non-hydrogen) atoms. The molecule has 0 saturated carbocycles. The summed E-state index contributed by atoms with van der Waals surface area (Å²) in [6.07, 6.45) is 0. The van der Waals surface area contributed by atoms with Crippen LogP contribution in [0.25, 0.3) is 10.9 Å². The Hall–Kier alpha value is -0.540. The summed E-state index contributed by atoms with van der Waals surface area (Å²) >= 11 is 9.38. The second-order valence-electron chi connectivity index (χ2n) is 2.77. The molecule has 4 heteroatoms. The normalized spacial score (nSPS) is 11.0. The van der Waals surface area contributed by atoms with Crippen LogP contribution in [0.1, 0.15) is 6.92 Å². The smallest absolute Gasteiger partial charge is 0.158 e. The van der Waals surface area contributed by atoms with Gasteiger partial charge in [0, 0.05) is 16.4 Å². The molecule has 0 radical (unpaired) electrons. The fourth-order valence-electron chi connectivity index (χ4n) is 1.35. The Morgan fingerprint density at radius 3 is 3.00 bits per heavy atom. The van der Waals surface area contributed by atoms with E-state index in [9.17, 15) is 0 Å². The van der Waals surface area contributed by atoms with E-state index in [-0.39, 0.29) is 0 Å². The summed E-state index contributed by atoms with van der Waals surface area (Å²) in [5.74, 6) is 0. The van der Waals surface area contributed by atoms with Crippen LogP contribution in [0.4, 0.5) is 0 Å². The highest BCUT2D eigenvalue weighted by atomic mass is 79.9. The van der Waals surface area contributed by atoms with Gasteiger partial charge in [-0.25, -0.2) is 0 Å². The van der Waals surface area contributed by atoms with E-state index in [1.54, 1.807) is 0 Å². The molecular formula is C9H8BrClN2. The first kappa shape index (κ1) is 9.03. The van der Waals surface area contributed by atoms with Crippen molar-refractivity contribution in [2.45, 2.75) is 13.5 Å². The van der Waals surface area contributed by atoms with Crippen molar-refractivity contribution in [3.05, 3.63) is 27.8 Å². The van der Waals surface area contributed by atoms with E-state index >= 15 is 0 Å². The van der Waals surface area contributed by atoms with E-state index in [2.05, 4.69) is 21.0 Å². The number of fused-ring (bicyclic) bond motifs is 1. The molecule has 1 aromatic carbocycles. The second-order valence-corrected chi connectivity index (χ2v) is 4.04. The Kier molecular flexibility index (Phi) is 2.30. The van der Waals surface area contributed by atoms with Crippen LogP contribution in [-0.2, 0) is 6.54 Å². The molecule has 2 nitrogen and oxygen atoms in total. The molecule has 0 fully saturated rings. The van der Waals surface area contributed by atoms with Gasteiger partial charge in [-0.05, 0) is 25.1 Å². The van der Waals surface area contributed by atoms with Crippen molar-refractivity contribution in [1.29, 1.82) is 0 Å². The van der Waals surface area contributed by atoms with Gasteiger partial charge in [0.2, 0.25) is 0 Å². The van der Waals surface area contributed by atoms with E-state index < -0.39 is 0 Å². The summed E-state index contributed by atoms with van der Waals surface area (Å²) < 4.78 is 2.92. The van der Waals surface area contributed by atoms with Crippen LogP contribution in [0.3, 0.4) is 0 Å². The van der Waals surface area contributed by atoms with Gasteiger partial charge in [-0.2, -0.15) is 5.10 Å². The summed E-state index contributed by atoms with van der Waals surface area (Å²) in [6.45, 7) is 2.88. The molecule has 68 valence electrons. The van der Waals surface area contributed by atoms with E-state index in [0.717, 1.165) is 21.9 Å². The lowest BCUT2D eigenvalue weighted by Gasteiger charge is -1.96. The van der Waals surface area contributed by atoms with Crippen molar-refractivity contribution in [2.24, 2.45) is 0 Å². The molecule has 1 heterocycles. The SMILES string of the molecule is CCn1nc(Cl)c2cc(Br)ccc21. The average molecular weight is 260 g/mol. The Morgan fingerprint density at radius 1 is 1.54 bits per heavy atom. The molecule has 2 rings (SSSR count). The van der Waals surface area contributed by atoms with Gasteiger partial charge >= 0.3 is 0 Å². The van der Waals surface area contributed by atoms with Crippen molar-refractivity contribution in [1.82, 2.24) is 9.78 Å². The number of rotatable bonds is 1. The van der Waals surface area contributed by atoms with Crippen molar-refractivity contribution < 1.29 is 0 Å². The summed E-state index contributed by atoms with van der Waals surface area (Å²) in [4.78, 5) is 0. The third-order valence-corrected chi connectivity index (χ3v) is 2.74. The van der Waals surface area contributed by atoms with Crippen molar-refractivity contribution >= 4 is 38.4 Å². The molecule has 0 aliphatic carbocycles. The molecule has 0 atom stereocenters. The summed E-state index contributed by atoms with van der Waals surface area (Å²) in [5.41, 5.74) is 1.08. The monoisotopic (exact) mass is 258 g/mol. The first-order chi connectivity index (χ1) is 6.22. The van der Waals surface area contributed by atoms with Gasteiger partial charge in [-0.15, -0.1) is 0 Å². The van der Waals surface area contributed by atoms with Crippen LogP contribution in [-0.4, -0.2) is 9.78 Å². The molecule has 0 unspecified atom stereocenters. The van der Waals surface area contributed by atoms with Crippen LogP contribution in [0.2, 0.25) is 5.15 Å². The number of halogens is 2. The number of hydrogen-bond donors (Lipinski definition) is 0. The van der Waals surface area contributed by atoms with Gasteiger partial charge in [0.25, 0.3) is 0 Å². The lowest BCUT2D eigenvalue weighted by atomic mass is 10.2. The fourth-order valence-corrected chi connectivity index (χ4v) is 1.96. The quantitative estimate of drug-likeness (QED) is 0.767. The molecule has 0 saturated heterocycles. The number of aryl methyl sites for hydroxylation is 1. The van der Waals surface area contributed by atoms with Gasteiger partial charge in [-0.1, -0.05) is 27.5 Å². The third kappa shape index (κ3) is 1.46. The first-order valence-electron chi connectivity index (χ1n) is 4.04. The van der Waals surface area contributed by atoms with E-state index in [1.165, 1.54) is 0 Å². The van der Waals surface area contributed by atoms with Crippen LogP contribution in [0.5, 0.6) is 0 Å². The highest BCUT2D eigenvalue weighted by Crippen LogP contribution is 2.25. The molecule has 1 aromatic heterocycles. The summed E-state index contributed by atoms with van der Waals surface area (Å²) in [7, 11) is 0. The van der Waals surface area contributed by atoms with Gasteiger partial charge in [0.15, 0.2) is 5.15 Å². The highest BCUT2D eigenvalue weighted by Gasteiger charge is 2.06. The van der Waals surface area contributed by atoms with Crippen molar-refractivity contribution in [3.63, 3.8) is 0 Å². The zero-order chi connectivity index (χ0) is 9.42. The molecule has 0 aliphatic rings.